The summed E-state index contributed by atoms with van der Waals surface area (Å²) >= 11 is 5.87. The Labute approximate surface area is 108 Å². The molecule has 1 aliphatic rings. The second-order valence-corrected chi connectivity index (χ2v) is 5.44. The van der Waals surface area contributed by atoms with E-state index in [0.29, 0.717) is 6.04 Å². The van der Waals surface area contributed by atoms with Gasteiger partial charge in [-0.05, 0) is 50.4 Å². The number of aliphatic hydroxyl groups excluding tert-OH is 1. The van der Waals surface area contributed by atoms with Crippen LogP contribution in [0.2, 0.25) is 5.02 Å². The highest BCUT2D eigenvalue weighted by molar-refractivity contribution is 6.30. The van der Waals surface area contributed by atoms with E-state index in [-0.39, 0.29) is 6.10 Å². The second kappa shape index (κ2) is 5.85. The summed E-state index contributed by atoms with van der Waals surface area (Å²) in [7, 11) is 2.16. The van der Waals surface area contributed by atoms with Gasteiger partial charge in [-0.1, -0.05) is 23.7 Å². The molecule has 0 atom stereocenters. The van der Waals surface area contributed by atoms with Gasteiger partial charge in [0.2, 0.25) is 0 Å². The average Bonchev–Trinajstić information content (AvgIpc) is 2.33. The molecule has 0 bridgehead atoms. The summed E-state index contributed by atoms with van der Waals surface area (Å²) < 4.78 is 0. The molecule has 0 spiro atoms. The number of nitrogens with zero attached hydrogens (tertiary/aromatic N) is 1. The van der Waals surface area contributed by atoms with Gasteiger partial charge < -0.3 is 5.11 Å². The number of benzene rings is 1. The Morgan fingerprint density at radius 3 is 2.35 bits per heavy atom. The van der Waals surface area contributed by atoms with Crippen LogP contribution in [-0.2, 0) is 6.54 Å². The Morgan fingerprint density at radius 1 is 1.18 bits per heavy atom. The molecule has 1 aliphatic carbocycles. The SMILES string of the molecule is CN(Cc1ccc(Cl)cc1)C1CCC(O)CC1. The Balaban J connectivity index is 1.88. The number of halogens is 1. The smallest absolute Gasteiger partial charge is 0.0541 e. The number of rotatable bonds is 3. The van der Waals surface area contributed by atoms with Crippen LogP contribution < -0.4 is 0 Å². The Kier molecular flexibility index (Phi) is 4.43. The molecular formula is C14H20ClNO. The van der Waals surface area contributed by atoms with Crippen molar-refractivity contribution in [2.75, 3.05) is 7.05 Å². The van der Waals surface area contributed by atoms with Crippen LogP contribution >= 0.6 is 11.6 Å². The van der Waals surface area contributed by atoms with E-state index < -0.39 is 0 Å². The van der Waals surface area contributed by atoms with Gasteiger partial charge in [0.1, 0.15) is 0 Å². The molecule has 3 heteroatoms. The van der Waals surface area contributed by atoms with Crippen LogP contribution in [0, 0.1) is 0 Å². The van der Waals surface area contributed by atoms with Gasteiger partial charge in [-0.3, -0.25) is 4.90 Å². The van der Waals surface area contributed by atoms with Crippen LogP contribution in [0.3, 0.4) is 0 Å². The fourth-order valence-corrected chi connectivity index (χ4v) is 2.63. The first-order chi connectivity index (χ1) is 8.15. The van der Waals surface area contributed by atoms with Crippen LogP contribution in [0.4, 0.5) is 0 Å². The maximum atomic E-state index is 9.50. The number of hydrogen-bond acceptors (Lipinski definition) is 2. The van der Waals surface area contributed by atoms with E-state index in [4.69, 9.17) is 11.6 Å². The van der Waals surface area contributed by atoms with E-state index in [1.165, 1.54) is 5.56 Å². The van der Waals surface area contributed by atoms with Crippen LogP contribution in [-0.4, -0.2) is 29.2 Å². The molecule has 17 heavy (non-hydrogen) atoms. The predicted molar refractivity (Wildman–Crippen MR) is 71.2 cm³/mol. The molecule has 0 radical (unpaired) electrons. The van der Waals surface area contributed by atoms with Crippen LogP contribution in [0.1, 0.15) is 31.2 Å². The Morgan fingerprint density at radius 2 is 1.76 bits per heavy atom. The minimum absolute atomic E-state index is 0.0739. The zero-order valence-corrected chi connectivity index (χ0v) is 11.0. The monoisotopic (exact) mass is 253 g/mol. The van der Waals surface area contributed by atoms with Crippen molar-refractivity contribution in [3.63, 3.8) is 0 Å². The first-order valence-corrected chi connectivity index (χ1v) is 6.65. The van der Waals surface area contributed by atoms with Crippen molar-refractivity contribution in [1.29, 1.82) is 0 Å². The first-order valence-electron chi connectivity index (χ1n) is 6.28. The minimum atomic E-state index is -0.0739. The molecule has 0 unspecified atom stereocenters. The molecule has 1 aromatic rings. The van der Waals surface area contributed by atoms with Crippen molar-refractivity contribution in [1.82, 2.24) is 4.90 Å². The van der Waals surface area contributed by atoms with Crippen molar-refractivity contribution in [2.45, 2.75) is 44.4 Å². The summed E-state index contributed by atoms with van der Waals surface area (Å²) in [5.41, 5.74) is 1.29. The highest BCUT2D eigenvalue weighted by atomic mass is 35.5. The standard InChI is InChI=1S/C14H20ClNO/c1-16(13-6-8-14(17)9-7-13)10-11-2-4-12(15)5-3-11/h2-5,13-14,17H,6-10H2,1H3. The molecule has 1 aromatic carbocycles. The molecule has 0 heterocycles. The third-order valence-electron chi connectivity index (χ3n) is 3.63. The summed E-state index contributed by atoms with van der Waals surface area (Å²) in [6, 6.07) is 8.65. The van der Waals surface area contributed by atoms with Crippen LogP contribution in [0.5, 0.6) is 0 Å². The van der Waals surface area contributed by atoms with Crippen molar-refractivity contribution < 1.29 is 5.11 Å². The lowest BCUT2D eigenvalue weighted by atomic mass is 9.92. The molecule has 1 saturated carbocycles. The molecule has 1 N–H and O–H groups in total. The lowest BCUT2D eigenvalue weighted by Gasteiger charge is -2.33. The topological polar surface area (TPSA) is 23.5 Å². The third-order valence-corrected chi connectivity index (χ3v) is 3.89. The zero-order chi connectivity index (χ0) is 12.3. The zero-order valence-electron chi connectivity index (χ0n) is 10.3. The molecule has 2 nitrogen and oxygen atoms in total. The summed E-state index contributed by atoms with van der Waals surface area (Å²) in [5, 5.41) is 10.3. The normalized spacial score (nSPS) is 25.2. The van der Waals surface area contributed by atoms with Gasteiger partial charge in [0, 0.05) is 17.6 Å². The van der Waals surface area contributed by atoms with E-state index in [0.717, 1.165) is 37.3 Å². The summed E-state index contributed by atoms with van der Waals surface area (Å²) in [6.07, 6.45) is 4.01. The van der Waals surface area contributed by atoms with Gasteiger partial charge in [-0.2, -0.15) is 0 Å². The summed E-state index contributed by atoms with van der Waals surface area (Å²) in [4.78, 5) is 2.38. The molecule has 94 valence electrons. The first kappa shape index (κ1) is 12.9. The van der Waals surface area contributed by atoms with Crippen LogP contribution in [0.25, 0.3) is 0 Å². The maximum absolute atomic E-state index is 9.50. The lowest BCUT2D eigenvalue weighted by Crippen LogP contribution is -2.35. The quantitative estimate of drug-likeness (QED) is 0.895. The van der Waals surface area contributed by atoms with E-state index >= 15 is 0 Å². The second-order valence-electron chi connectivity index (χ2n) is 5.00. The average molecular weight is 254 g/mol. The summed E-state index contributed by atoms with van der Waals surface area (Å²) in [6.45, 7) is 0.956. The van der Waals surface area contributed by atoms with E-state index in [1.54, 1.807) is 0 Å². The summed E-state index contributed by atoms with van der Waals surface area (Å²) in [5.74, 6) is 0. The molecular weight excluding hydrogens is 234 g/mol. The highest BCUT2D eigenvalue weighted by Gasteiger charge is 2.22. The fraction of sp³-hybridized carbons (Fsp3) is 0.571. The highest BCUT2D eigenvalue weighted by Crippen LogP contribution is 2.23. The molecule has 0 saturated heterocycles. The molecule has 2 rings (SSSR count). The Hall–Kier alpha value is -0.570. The molecule has 0 aliphatic heterocycles. The van der Waals surface area contributed by atoms with Crippen molar-refractivity contribution in [3.8, 4) is 0 Å². The van der Waals surface area contributed by atoms with Gasteiger partial charge in [0.25, 0.3) is 0 Å². The molecule has 0 aromatic heterocycles. The predicted octanol–water partition coefficient (Wildman–Crippen LogP) is 3.08. The van der Waals surface area contributed by atoms with Gasteiger partial charge in [0.15, 0.2) is 0 Å². The van der Waals surface area contributed by atoms with Crippen molar-refractivity contribution in [2.24, 2.45) is 0 Å². The van der Waals surface area contributed by atoms with E-state index in [2.05, 4.69) is 24.1 Å². The van der Waals surface area contributed by atoms with Crippen LogP contribution in [0.15, 0.2) is 24.3 Å². The lowest BCUT2D eigenvalue weighted by molar-refractivity contribution is 0.0818. The van der Waals surface area contributed by atoms with E-state index in [9.17, 15) is 5.11 Å². The fourth-order valence-electron chi connectivity index (χ4n) is 2.51. The van der Waals surface area contributed by atoms with Crippen molar-refractivity contribution in [3.05, 3.63) is 34.9 Å². The van der Waals surface area contributed by atoms with E-state index in [1.807, 2.05) is 12.1 Å². The maximum Gasteiger partial charge on any atom is 0.0541 e. The van der Waals surface area contributed by atoms with Crippen molar-refractivity contribution >= 4 is 11.6 Å². The largest absolute Gasteiger partial charge is 0.393 e. The van der Waals surface area contributed by atoms with Gasteiger partial charge >= 0.3 is 0 Å². The molecule has 1 fully saturated rings. The third kappa shape index (κ3) is 3.70. The van der Waals surface area contributed by atoms with Gasteiger partial charge in [-0.25, -0.2) is 0 Å². The minimum Gasteiger partial charge on any atom is -0.393 e. The Bertz CT molecular complexity index is 344. The van der Waals surface area contributed by atoms with Gasteiger partial charge in [-0.15, -0.1) is 0 Å². The number of aliphatic hydroxyl groups is 1. The number of hydrogen-bond donors (Lipinski definition) is 1. The molecule has 0 amide bonds. The van der Waals surface area contributed by atoms with Gasteiger partial charge in [0.05, 0.1) is 6.10 Å².